The minimum absolute atomic E-state index is 0.0512. The molecule has 24 heavy (non-hydrogen) atoms. The van der Waals surface area contributed by atoms with E-state index in [1.807, 2.05) is 0 Å². The number of anilines is 1. The summed E-state index contributed by atoms with van der Waals surface area (Å²) in [5, 5.41) is 14.7. The van der Waals surface area contributed by atoms with E-state index >= 15 is 0 Å². The average Bonchev–Trinajstić information content (AvgIpc) is 3.18. The molecule has 1 saturated heterocycles. The van der Waals surface area contributed by atoms with Crippen molar-refractivity contribution < 1.29 is 9.26 Å². The first kappa shape index (κ1) is 17.2. The molecule has 3 heterocycles. The third-order valence-electron chi connectivity index (χ3n) is 3.84. The van der Waals surface area contributed by atoms with Gasteiger partial charge in [-0.25, -0.2) is 0 Å². The van der Waals surface area contributed by atoms with Crippen molar-refractivity contribution in [2.45, 2.75) is 39.3 Å². The van der Waals surface area contributed by atoms with Gasteiger partial charge in [0.25, 0.3) is 0 Å². The summed E-state index contributed by atoms with van der Waals surface area (Å²) in [6, 6.07) is 0. The van der Waals surface area contributed by atoms with Crippen molar-refractivity contribution in [2.24, 2.45) is 0 Å². The largest absolute Gasteiger partial charge is 0.377 e. The summed E-state index contributed by atoms with van der Waals surface area (Å²) >= 11 is 1.69. The summed E-state index contributed by atoms with van der Waals surface area (Å²) in [6.07, 6.45) is 0. The monoisotopic (exact) mass is 352 g/mol. The standard InChI is InChI=1S/C15H24N6O2S/c1-15(2,3)13-17-18-14(24-13)21-7-5-20(6-8-21)9-12-16-11(10-22-4)19-23-12/h5-10H2,1-4H3. The van der Waals surface area contributed by atoms with Crippen molar-refractivity contribution in [3.63, 3.8) is 0 Å². The Morgan fingerprint density at radius 2 is 1.92 bits per heavy atom. The Kier molecular flexibility index (Phi) is 5.12. The fourth-order valence-electron chi connectivity index (χ4n) is 2.48. The van der Waals surface area contributed by atoms with E-state index in [9.17, 15) is 0 Å². The molecule has 9 heteroatoms. The van der Waals surface area contributed by atoms with Crippen LogP contribution in [0.15, 0.2) is 4.52 Å². The zero-order chi connectivity index (χ0) is 17.2. The molecule has 0 aliphatic carbocycles. The highest BCUT2D eigenvalue weighted by molar-refractivity contribution is 7.15. The molecule has 2 aromatic rings. The highest BCUT2D eigenvalue weighted by atomic mass is 32.1. The van der Waals surface area contributed by atoms with Gasteiger partial charge in [-0.05, 0) is 0 Å². The summed E-state index contributed by atoms with van der Waals surface area (Å²) in [4.78, 5) is 8.93. The summed E-state index contributed by atoms with van der Waals surface area (Å²) in [6.45, 7) is 11.3. The van der Waals surface area contributed by atoms with Crippen LogP contribution in [0.2, 0.25) is 0 Å². The molecule has 0 N–H and O–H groups in total. The zero-order valence-electron chi connectivity index (χ0n) is 14.7. The van der Waals surface area contributed by atoms with Gasteiger partial charge in [0, 0.05) is 38.7 Å². The van der Waals surface area contributed by atoms with Gasteiger partial charge in [0.2, 0.25) is 11.0 Å². The average molecular weight is 352 g/mol. The van der Waals surface area contributed by atoms with Gasteiger partial charge in [-0.1, -0.05) is 37.3 Å². The Morgan fingerprint density at radius 1 is 1.17 bits per heavy atom. The maximum atomic E-state index is 5.26. The Labute approximate surface area is 145 Å². The Balaban J connectivity index is 1.52. The number of ether oxygens (including phenoxy) is 1. The molecule has 2 aromatic heterocycles. The molecule has 8 nitrogen and oxygen atoms in total. The van der Waals surface area contributed by atoms with E-state index in [1.54, 1.807) is 18.4 Å². The van der Waals surface area contributed by atoms with Crippen molar-refractivity contribution in [3.8, 4) is 0 Å². The van der Waals surface area contributed by atoms with E-state index in [1.165, 1.54) is 0 Å². The fourth-order valence-corrected chi connectivity index (χ4v) is 3.43. The van der Waals surface area contributed by atoms with E-state index in [0.717, 1.165) is 36.3 Å². The van der Waals surface area contributed by atoms with Crippen LogP contribution in [-0.4, -0.2) is 58.5 Å². The number of aromatic nitrogens is 4. The predicted octanol–water partition coefficient (Wildman–Crippen LogP) is 1.69. The van der Waals surface area contributed by atoms with Crippen LogP contribution in [0.4, 0.5) is 5.13 Å². The first-order valence-electron chi connectivity index (χ1n) is 8.07. The topological polar surface area (TPSA) is 80.4 Å². The minimum Gasteiger partial charge on any atom is -0.377 e. The Bertz CT molecular complexity index is 657. The second-order valence-corrected chi connectivity index (χ2v) is 7.90. The molecular weight excluding hydrogens is 328 g/mol. The van der Waals surface area contributed by atoms with E-state index < -0.39 is 0 Å². The lowest BCUT2D eigenvalue weighted by Gasteiger charge is -2.33. The molecule has 0 bridgehead atoms. The zero-order valence-corrected chi connectivity index (χ0v) is 15.5. The van der Waals surface area contributed by atoms with Crippen LogP contribution >= 0.6 is 11.3 Å². The second-order valence-electron chi connectivity index (χ2n) is 6.94. The molecule has 3 rings (SSSR count). The number of piperazine rings is 1. The van der Waals surface area contributed by atoms with Gasteiger partial charge in [-0.2, -0.15) is 4.98 Å². The Hall–Kier alpha value is -1.58. The third kappa shape index (κ3) is 4.08. The van der Waals surface area contributed by atoms with Crippen molar-refractivity contribution in [1.29, 1.82) is 0 Å². The molecule has 0 aromatic carbocycles. The van der Waals surface area contributed by atoms with Crippen LogP contribution in [0, 0.1) is 0 Å². The smallest absolute Gasteiger partial charge is 0.240 e. The maximum absolute atomic E-state index is 5.26. The minimum atomic E-state index is 0.0512. The van der Waals surface area contributed by atoms with Gasteiger partial charge in [0.15, 0.2) is 5.82 Å². The third-order valence-corrected chi connectivity index (χ3v) is 5.25. The summed E-state index contributed by atoms with van der Waals surface area (Å²) in [5.41, 5.74) is 0.0512. The first-order chi connectivity index (χ1) is 11.5. The molecule has 1 aliphatic rings. The predicted molar refractivity (Wildman–Crippen MR) is 91.1 cm³/mol. The Morgan fingerprint density at radius 3 is 2.54 bits per heavy atom. The van der Waals surface area contributed by atoms with Crippen LogP contribution in [-0.2, 0) is 23.3 Å². The molecular formula is C15H24N6O2S. The quantitative estimate of drug-likeness (QED) is 0.804. The number of hydrogen-bond acceptors (Lipinski definition) is 9. The molecule has 132 valence electrons. The molecule has 0 spiro atoms. The lowest BCUT2D eigenvalue weighted by molar-refractivity contribution is 0.174. The normalized spacial score (nSPS) is 16.8. The molecule has 0 atom stereocenters. The molecule has 0 amide bonds. The lowest BCUT2D eigenvalue weighted by atomic mass is 9.98. The van der Waals surface area contributed by atoms with Gasteiger partial charge >= 0.3 is 0 Å². The van der Waals surface area contributed by atoms with Gasteiger partial charge < -0.3 is 14.2 Å². The number of hydrogen-bond donors (Lipinski definition) is 0. The SMILES string of the molecule is COCc1noc(CN2CCN(c3nnc(C(C)(C)C)s3)CC2)n1. The molecule has 1 fully saturated rings. The van der Waals surface area contributed by atoms with Gasteiger partial charge in [0.05, 0.1) is 6.54 Å². The van der Waals surface area contributed by atoms with Crippen LogP contribution in [0.3, 0.4) is 0 Å². The maximum Gasteiger partial charge on any atom is 0.240 e. The highest BCUT2D eigenvalue weighted by Gasteiger charge is 2.24. The first-order valence-corrected chi connectivity index (χ1v) is 8.89. The lowest BCUT2D eigenvalue weighted by Crippen LogP contribution is -2.46. The molecule has 0 unspecified atom stereocenters. The highest BCUT2D eigenvalue weighted by Crippen LogP contribution is 2.30. The van der Waals surface area contributed by atoms with Crippen LogP contribution in [0.25, 0.3) is 0 Å². The van der Waals surface area contributed by atoms with Crippen molar-refractivity contribution in [1.82, 2.24) is 25.2 Å². The molecule has 1 aliphatic heterocycles. The van der Waals surface area contributed by atoms with E-state index in [2.05, 4.69) is 50.9 Å². The van der Waals surface area contributed by atoms with Crippen molar-refractivity contribution in [2.75, 3.05) is 38.2 Å². The molecule has 0 radical (unpaired) electrons. The second kappa shape index (κ2) is 7.12. The van der Waals surface area contributed by atoms with E-state index in [-0.39, 0.29) is 5.41 Å². The van der Waals surface area contributed by atoms with Crippen molar-refractivity contribution >= 4 is 16.5 Å². The van der Waals surface area contributed by atoms with Crippen LogP contribution < -0.4 is 4.90 Å². The summed E-state index contributed by atoms with van der Waals surface area (Å²) in [7, 11) is 1.62. The number of rotatable bonds is 5. The fraction of sp³-hybridized carbons (Fsp3) is 0.733. The van der Waals surface area contributed by atoms with Crippen molar-refractivity contribution in [3.05, 3.63) is 16.7 Å². The van der Waals surface area contributed by atoms with E-state index in [0.29, 0.717) is 24.9 Å². The van der Waals surface area contributed by atoms with Crippen LogP contribution in [0.1, 0.15) is 37.5 Å². The summed E-state index contributed by atoms with van der Waals surface area (Å²) in [5.74, 6) is 1.23. The van der Waals surface area contributed by atoms with Gasteiger partial charge in [-0.3, -0.25) is 4.90 Å². The number of nitrogens with zero attached hydrogens (tertiary/aromatic N) is 6. The number of methoxy groups -OCH3 is 1. The van der Waals surface area contributed by atoms with Crippen LogP contribution in [0.5, 0.6) is 0 Å². The molecule has 0 saturated carbocycles. The van der Waals surface area contributed by atoms with E-state index in [4.69, 9.17) is 9.26 Å². The van der Waals surface area contributed by atoms with Gasteiger partial charge in [-0.15, -0.1) is 10.2 Å². The summed E-state index contributed by atoms with van der Waals surface area (Å²) < 4.78 is 10.3. The van der Waals surface area contributed by atoms with Gasteiger partial charge in [0.1, 0.15) is 11.6 Å².